The molecular formula is C26H38N4O3. The number of aromatic nitrogens is 1. The average Bonchev–Trinajstić information content (AvgIpc) is 3.00. The number of aromatic hydroxyl groups is 1. The molecule has 1 aromatic heterocycles. The number of benzene rings is 1. The fourth-order valence-electron chi connectivity index (χ4n) is 3.71. The molecule has 1 amide bonds. The molecule has 0 unspecified atom stereocenters. The molecule has 1 atom stereocenters. The Hall–Kier alpha value is -3.19. The standard InChI is InChI=1S/C16H21N3O.C10H17NO2/c1-2-3-6-11-10-19-16(18)13(11)9-14(17)12-7-4-5-8-15(12)20;1-3-10(12)11(2)9-6-4-5-7-13-8-9/h4-5,7-10,19-20H,2-3,6,17-18H2,1H3;3,9H,1,4-8H2,2H3/b14-9-;/t;9-/m.1/s1. The van der Waals surface area contributed by atoms with Gasteiger partial charge in [0.05, 0.1) is 12.6 Å². The molecule has 0 aliphatic carbocycles. The molecule has 3 rings (SSSR count). The number of anilines is 1. The first kappa shape index (κ1) is 26.1. The van der Waals surface area contributed by atoms with E-state index in [0.717, 1.165) is 56.3 Å². The van der Waals surface area contributed by atoms with Gasteiger partial charge in [-0.05, 0) is 62.0 Å². The molecule has 2 aromatic rings. The van der Waals surface area contributed by atoms with Crippen molar-refractivity contribution in [2.24, 2.45) is 5.73 Å². The average molecular weight is 455 g/mol. The zero-order chi connectivity index (χ0) is 24.2. The van der Waals surface area contributed by atoms with Crippen molar-refractivity contribution < 1.29 is 14.6 Å². The third-order valence-corrected chi connectivity index (χ3v) is 5.81. The Morgan fingerprint density at radius 2 is 2.12 bits per heavy atom. The molecule has 33 heavy (non-hydrogen) atoms. The topological polar surface area (TPSA) is 118 Å². The van der Waals surface area contributed by atoms with Gasteiger partial charge >= 0.3 is 0 Å². The number of H-pyrrole nitrogens is 1. The van der Waals surface area contributed by atoms with E-state index in [-0.39, 0.29) is 17.7 Å². The van der Waals surface area contributed by atoms with Crippen LogP contribution in [0.5, 0.6) is 5.75 Å². The number of nitrogens with two attached hydrogens (primary N) is 2. The minimum atomic E-state index is -0.0181. The van der Waals surface area contributed by atoms with Crippen LogP contribution in [-0.2, 0) is 16.0 Å². The number of amides is 1. The van der Waals surface area contributed by atoms with Crippen LogP contribution in [0.4, 0.5) is 5.82 Å². The molecule has 0 saturated carbocycles. The second-order valence-electron chi connectivity index (χ2n) is 8.24. The fraction of sp³-hybridized carbons (Fsp3) is 0.423. The molecular weight excluding hydrogens is 416 g/mol. The highest BCUT2D eigenvalue weighted by Gasteiger charge is 2.19. The molecule has 6 N–H and O–H groups in total. The SMILES string of the molecule is C=CC(=O)N(C)[C@@H]1CCCCOC1.CCCCc1c[nH]c(N)c1/C=C(\N)c1ccccc1O. The third-order valence-electron chi connectivity index (χ3n) is 5.81. The maximum Gasteiger partial charge on any atom is 0.246 e. The normalized spacial score (nSPS) is 16.3. The number of carbonyl (C=O) groups is 1. The molecule has 2 heterocycles. The number of unbranched alkanes of at least 4 members (excludes halogenated alkanes) is 1. The van der Waals surface area contributed by atoms with E-state index in [1.807, 2.05) is 25.4 Å². The largest absolute Gasteiger partial charge is 0.507 e. The Kier molecular flexibility index (Phi) is 10.6. The van der Waals surface area contributed by atoms with Crippen molar-refractivity contribution in [3.8, 4) is 5.75 Å². The van der Waals surface area contributed by atoms with Crippen LogP contribution in [0, 0.1) is 0 Å². The summed E-state index contributed by atoms with van der Waals surface area (Å²) >= 11 is 0. The summed E-state index contributed by atoms with van der Waals surface area (Å²) in [5, 5.41) is 9.83. The van der Waals surface area contributed by atoms with E-state index in [9.17, 15) is 9.90 Å². The van der Waals surface area contributed by atoms with Gasteiger partial charge in [-0.2, -0.15) is 0 Å². The van der Waals surface area contributed by atoms with E-state index >= 15 is 0 Å². The molecule has 0 spiro atoms. The number of nitrogen functional groups attached to an aromatic ring is 1. The molecule has 1 saturated heterocycles. The van der Waals surface area contributed by atoms with E-state index in [1.165, 1.54) is 6.08 Å². The smallest absolute Gasteiger partial charge is 0.246 e. The van der Waals surface area contributed by atoms with Crippen LogP contribution in [0.15, 0.2) is 43.1 Å². The Balaban J connectivity index is 0.000000257. The van der Waals surface area contributed by atoms with Crippen LogP contribution in [-0.4, -0.2) is 47.2 Å². The lowest BCUT2D eigenvalue weighted by atomic mass is 10.0. The van der Waals surface area contributed by atoms with Gasteiger partial charge in [0.1, 0.15) is 11.6 Å². The number of phenolic OH excluding ortho intramolecular Hbond substituents is 1. The minimum Gasteiger partial charge on any atom is -0.507 e. The van der Waals surface area contributed by atoms with Crippen molar-refractivity contribution >= 4 is 23.5 Å². The van der Waals surface area contributed by atoms with E-state index in [1.54, 1.807) is 23.1 Å². The second kappa shape index (κ2) is 13.4. The number of carbonyl (C=O) groups excluding carboxylic acids is 1. The van der Waals surface area contributed by atoms with Crippen LogP contribution in [0.2, 0.25) is 0 Å². The van der Waals surface area contributed by atoms with E-state index < -0.39 is 0 Å². The lowest BCUT2D eigenvalue weighted by Gasteiger charge is -2.25. The Bertz CT molecular complexity index is 927. The van der Waals surface area contributed by atoms with Crippen molar-refractivity contribution in [1.29, 1.82) is 0 Å². The number of nitrogens with one attached hydrogen (secondary N) is 1. The molecule has 0 bridgehead atoms. The van der Waals surface area contributed by atoms with E-state index in [0.29, 0.717) is 23.7 Å². The van der Waals surface area contributed by atoms with Gasteiger partial charge in [-0.25, -0.2) is 0 Å². The van der Waals surface area contributed by atoms with Crippen LogP contribution in [0.3, 0.4) is 0 Å². The number of hydrogen-bond acceptors (Lipinski definition) is 5. The predicted molar refractivity (Wildman–Crippen MR) is 135 cm³/mol. The summed E-state index contributed by atoms with van der Waals surface area (Å²) < 4.78 is 5.39. The number of nitrogens with zero attached hydrogens (tertiary/aromatic N) is 1. The lowest BCUT2D eigenvalue weighted by Crippen LogP contribution is -2.38. The van der Waals surface area contributed by atoms with Crippen molar-refractivity contribution in [1.82, 2.24) is 9.88 Å². The first-order valence-corrected chi connectivity index (χ1v) is 11.6. The second-order valence-corrected chi connectivity index (χ2v) is 8.24. The number of aryl methyl sites for hydroxylation is 1. The lowest BCUT2D eigenvalue weighted by molar-refractivity contribution is -0.127. The predicted octanol–water partition coefficient (Wildman–Crippen LogP) is 4.30. The quantitative estimate of drug-likeness (QED) is 0.465. The number of aromatic amines is 1. The number of rotatable bonds is 7. The first-order valence-electron chi connectivity index (χ1n) is 11.6. The molecule has 1 aromatic carbocycles. The molecule has 7 heteroatoms. The maximum absolute atomic E-state index is 11.3. The monoisotopic (exact) mass is 454 g/mol. The third kappa shape index (κ3) is 7.71. The van der Waals surface area contributed by atoms with E-state index in [2.05, 4.69) is 18.5 Å². The molecule has 1 aliphatic heterocycles. The number of ether oxygens (including phenoxy) is 1. The number of para-hydroxylation sites is 1. The summed E-state index contributed by atoms with van der Waals surface area (Å²) in [6.45, 7) is 7.11. The summed E-state index contributed by atoms with van der Waals surface area (Å²) in [6, 6.07) is 7.25. The first-order chi connectivity index (χ1) is 15.9. The van der Waals surface area contributed by atoms with Gasteiger partial charge in [0, 0.05) is 36.7 Å². The zero-order valence-electron chi connectivity index (χ0n) is 19.8. The Labute approximate surface area is 197 Å². The van der Waals surface area contributed by atoms with Crippen molar-refractivity contribution in [3.05, 3.63) is 59.8 Å². The van der Waals surface area contributed by atoms with Gasteiger partial charge in [0.25, 0.3) is 0 Å². The van der Waals surface area contributed by atoms with Gasteiger partial charge in [0.2, 0.25) is 5.91 Å². The maximum atomic E-state index is 11.3. The number of likely N-dealkylation sites (N-methyl/N-ethyl adjacent to an activating group) is 1. The fourth-order valence-corrected chi connectivity index (χ4v) is 3.71. The van der Waals surface area contributed by atoms with Crippen molar-refractivity contribution in [2.75, 3.05) is 26.0 Å². The van der Waals surface area contributed by atoms with Gasteiger partial charge in [-0.1, -0.05) is 32.1 Å². The van der Waals surface area contributed by atoms with Crippen LogP contribution in [0.1, 0.15) is 55.7 Å². The van der Waals surface area contributed by atoms with E-state index in [4.69, 9.17) is 16.2 Å². The van der Waals surface area contributed by atoms with Crippen molar-refractivity contribution in [3.63, 3.8) is 0 Å². The Morgan fingerprint density at radius 1 is 1.36 bits per heavy atom. The summed E-state index contributed by atoms with van der Waals surface area (Å²) in [4.78, 5) is 16.0. The number of phenols is 1. The van der Waals surface area contributed by atoms with Crippen LogP contribution in [0.25, 0.3) is 11.8 Å². The van der Waals surface area contributed by atoms with Crippen molar-refractivity contribution in [2.45, 2.75) is 51.5 Å². The van der Waals surface area contributed by atoms with Crippen LogP contribution < -0.4 is 11.5 Å². The number of hydrogen-bond donors (Lipinski definition) is 4. The van der Waals surface area contributed by atoms with Gasteiger partial charge < -0.3 is 31.2 Å². The van der Waals surface area contributed by atoms with Crippen LogP contribution >= 0.6 is 0 Å². The van der Waals surface area contributed by atoms with Gasteiger partial charge in [0.15, 0.2) is 0 Å². The summed E-state index contributed by atoms with van der Waals surface area (Å²) in [5.74, 6) is 0.760. The summed E-state index contributed by atoms with van der Waals surface area (Å²) in [5.41, 5.74) is 15.2. The van der Waals surface area contributed by atoms with Gasteiger partial charge in [-0.15, -0.1) is 0 Å². The highest BCUT2D eigenvalue weighted by Crippen LogP contribution is 2.27. The highest BCUT2D eigenvalue weighted by atomic mass is 16.5. The minimum absolute atomic E-state index is 0.0181. The molecule has 0 radical (unpaired) electrons. The van der Waals surface area contributed by atoms with Gasteiger partial charge in [-0.3, -0.25) is 4.79 Å². The summed E-state index contributed by atoms with van der Waals surface area (Å²) in [6.07, 6.45) is 11.6. The highest BCUT2D eigenvalue weighted by molar-refractivity contribution is 5.87. The molecule has 1 fully saturated rings. The Morgan fingerprint density at radius 3 is 2.82 bits per heavy atom. The molecule has 180 valence electrons. The molecule has 7 nitrogen and oxygen atoms in total. The summed E-state index contributed by atoms with van der Waals surface area (Å²) in [7, 11) is 1.81. The zero-order valence-corrected chi connectivity index (χ0v) is 19.8. The molecule has 1 aliphatic rings.